The molecule has 32 heavy (non-hydrogen) atoms. The minimum atomic E-state index is -0.832. The van der Waals surface area contributed by atoms with Crippen LogP contribution < -0.4 is 5.73 Å². The maximum Gasteiger partial charge on any atom is 0.330 e. The van der Waals surface area contributed by atoms with Crippen LogP contribution in [-0.2, 0) is 14.3 Å². The molecular formula is C28H51NO3. The number of amides is 1. The van der Waals surface area contributed by atoms with E-state index in [1.165, 1.54) is 89.9 Å². The third-order valence-corrected chi connectivity index (χ3v) is 6.63. The van der Waals surface area contributed by atoms with Crippen molar-refractivity contribution in [3.8, 4) is 0 Å². The number of primary amides is 1. The molecule has 4 nitrogen and oxygen atoms in total. The van der Waals surface area contributed by atoms with Crippen LogP contribution >= 0.6 is 0 Å². The van der Waals surface area contributed by atoms with Gasteiger partial charge >= 0.3 is 5.97 Å². The SMILES string of the molecule is C=CC(=O)OC(C)C(C)(CCCCCCCCCC/C=C\CCCCCCCC)C(N)=O. The van der Waals surface area contributed by atoms with Crippen LogP contribution in [0.1, 0.15) is 130 Å². The molecule has 186 valence electrons. The third kappa shape index (κ3) is 15.3. The smallest absolute Gasteiger partial charge is 0.330 e. The molecule has 0 fully saturated rings. The van der Waals surface area contributed by atoms with Crippen LogP contribution in [0, 0.1) is 5.41 Å². The number of allylic oxidation sites excluding steroid dienone is 2. The molecule has 2 unspecified atom stereocenters. The van der Waals surface area contributed by atoms with Crippen LogP contribution in [0.5, 0.6) is 0 Å². The van der Waals surface area contributed by atoms with Crippen molar-refractivity contribution in [2.45, 2.75) is 136 Å². The maximum absolute atomic E-state index is 11.9. The second-order valence-corrected chi connectivity index (χ2v) is 9.46. The first-order valence-corrected chi connectivity index (χ1v) is 13.2. The Bertz CT molecular complexity index is 529. The Kier molecular flexibility index (Phi) is 19.1. The van der Waals surface area contributed by atoms with Gasteiger partial charge in [-0.05, 0) is 46.0 Å². The zero-order valence-corrected chi connectivity index (χ0v) is 21.3. The van der Waals surface area contributed by atoms with E-state index in [2.05, 4.69) is 25.7 Å². The van der Waals surface area contributed by atoms with Crippen LogP contribution in [0.3, 0.4) is 0 Å². The molecule has 0 saturated heterocycles. The number of ether oxygens (including phenoxy) is 1. The van der Waals surface area contributed by atoms with Crippen molar-refractivity contribution < 1.29 is 14.3 Å². The lowest BCUT2D eigenvalue weighted by Gasteiger charge is -2.31. The molecule has 2 N–H and O–H groups in total. The minimum absolute atomic E-state index is 0.414. The summed E-state index contributed by atoms with van der Waals surface area (Å²) in [7, 11) is 0. The molecule has 0 aliphatic rings. The fourth-order valence-corrected chi connectivity index (χ4v) is 3.97. The summed E-state index contributed by atoms with van der Waals surface area (Å²) in [6.07, 6.45) is 26.3. The van der Waals surface area contributed by atoms with Gasteiger partial charge in [-0.1, -0.05) is 103 Å². The van der Waals surface area contributed by atoms with E-state index >= 15 is 0 Å². The fraction of sp³-hybridized carbons (Fsp3) is 0.786. The number of carbonyl (C=O) groups is 2. The van der Waals surface area contributed by atoms with Crippen molar-refractivity contribution in [2.24, 2.45) is 11.1 Å². The normalized spacial score (nSPS) is 14.2. The van der Waals surface area contributed by atoms with Gasteiger partial charge in [0.05, 0.1) is 5.41 Å². The highest BCUT2D eigenvalue weighted by atomic mass is 16.5. The molecular weight excluding hydrogens is 398 g/mol. The van der Waals surface area contributed by atoms with Crippen LogP contribution in [0.4, 0.5) is 0 Å². The quantitative estimate of drug-likeness (QED) is 0.0793. The van der Waals surface area contributed by atoms with Crippen LogP contribution in [0.15, 0.2) is 24.8 Å². The molecule has 0 rings (SSSR count). The highest BCUT2D eigenvalue weighted by Crippen LogP contribution is 2.31. The summed E-state index contributed by atoms with van der Waals surface area (Å²) in [5.74, 6) is -0.929. The Morgan fingerprint density at radius 2 is 1.28 bits per heavy atom. The molecule has 0 aliphatic carbocycles. The third-order valence-electron chi connectivity index (χ3n) is 6.63. The Hall–Kier alpha value is -1.58. The first-order chi connectivity index (χ1) is 15.4. The summed E-state index contributed by atoms with van der Waals surface area (Å²) in [4.78, 5) is 23.4. The number of rotatable bonds is 22. The molecule has 0 aromatic heterocycles. The maximum atomic E-state index is 11.9. The number of esters is 1. The Balaban J connectivity index is 3.66. The van der Waals surface area contributed by atoms with Crippen LogP contribution in [0.2, 0.25) is 0 Å². The first kappa shape index (κ1) is 30.4. The molecule has 0 saturated carbocycles. The lowest BCUT2D eigenvalue weighted by Crippen LogP contribution is -2.44. The van der Waals surface area contributed by atoms with Gasteiger partial charge in [0.15, 0.2) is 0 Å². The molecule has 0 heterocycles. The summed E-state index contributed by atoms with van der Waals surface area (Å²) >= 11 is 0. The van der Waals surface area contributed by atoms with E-state index in [4.69, 9.17) is 10.5 Å². The number of hydrogen-bond donors (Lipinski definition) is 1. The van der Waals surface area contributed by atoms with Gasteiger partial charge in [-0.3, -0.25) is 4.79 Å². The van der Waals surface area contributed by atoms with Crippen molar-refractivity contribution in [3.63, 3.8) is 0 Å². The average molecular weight is 450 g/mol. The van der Waals surface area contributed by atoms with E-state index < -0.39 is 23.4 Å². The Labute approximate surface area is 198 Å². The standard InChI is InChI=1S/C28H51NO3/c1-5-7-8-9-10-11-12-13-14-15-16-17-18-19-20-21-22-23-24-28(4,27(29)31)25(3)32-26(30)6-2/h6,13-14,25H,2,5,7-12,15-24H2,1,3-4H3,(H2,29,31)/b14-13-. The van der Waals surface area contributed by atoms with Gasteiger partial charge in [0.2, 0.25) is 5.91 Å². The molecule has 0 bridgehead atoms. The molecule has 0 aromatic rings. The van der Waals surface area contributed by atoms with E-state index in [1.54, 1.807) is 13.8 Å². The predicted molar refractivity (Wildman–Crippen MR) is 136 cm³/mol. The van der Waals surface area contributed by atoms with Crippen LogP contribution in [0.25, 0.3) is 0 Å². The Morgan fingerprint density at radius 3 is 1.72 bits per heavy atom. The van der Waals surface area contributed by atoms with Crippen LogP contribution in [-0.4, -0.2) is 18.0 Å². The van der Waals surface area contributed by atoms with E-state index in [0.717, 1.165) is 18.9 Å². The van der Waals surface area contributed by atoms with Crippen molar-refractivity contribution >= 4 is 11.9 Å². The van der Waals surface area contributed by atoms with Gasteiger partial charge in [-0.25, -0.2) is 4.79 Å². The minimum Gasteiger partial charge on any atom is -0.458 e. The van der Waals surface area contributed by atoms with E-state index in [0.29, 0.717) is 6.42 Å². The summed E-state index contributed by atoms with van der Waals surface area (Å²) in [6.45, 7) is 9.19. The Morgan fingerprint density at radius 1 is 0.844 bits per heavy atom. The molecule has 1 amide bonds. The number of unbranched alkanes of at least 4 members (excludes halogenated alkanes) is 14. The number of hydrogen-bond acceptors (Lipinski definition) is 3. The summed E-state index contributed by atoms with van der Waals surface area (Å²) in [6, 6.07) is 0. The van der Waals surface area contributed by atoms with Crippen molar-refractivity contribution in [3.05, 3.63) is 24.8 Å². The summed E-state index contributed by atoms with van der Waals surface area (Å²) < 4.78 is 5.25. The average Bonchev–Trinajstić information content (AvgIpc) is 2.77. The largest absolute Gasteiger partial charge is 0.458 e. The van der Waals surface area contributed by atoms with Crippen molar-refractivity contribution in [2.75, 3.05) is 0 Å². The molecule has 0 radical (unpaired) electrons. The lowest BCUT2D eigenvalue weighted by atomic mass is 9.79. The zero-order chi connectivity index (χ0) is 24.1. The van der Waals surface area contributed by atoms with E-state index in [1.807, 2.05) is 0 Å². The second-order valence-electron chi connectivity index (χ2n) is 9.46. The van der Waals surface area contributed by atoms with Gasteiger partial charge in [-0.15, -0.1) is 0 Å². The van der Waals surface area contributed by atoms with E-state index in [-0.39, 0.29) is 0 Å². The van der Waals surface area contributed by atoms with Gasteiger partial charge in [0.1, 0.15) is 6.10 Å². The molecule has 4 heteroatoms. The summed E-state index contributed by atoms with van der Waals surface area (Å²) in [5.41, 5.74) is 4.77. The highest BCUT2D eigenvalue weighted by molar-refractivity contribution is 5.84. The summed E-state index contributed by atoms with van der Waals surface area (Å²) in [5, 5.41) is 0. The van der Waals surface area contributed by atoms with Gasteiger partial charge in [-0.2, -0.15) is 0 Å². The zero-order valence-electron chi connectivity index (χ0n) is 21.3. The second kappa shape index (κ2) is 20.1. The van der Waals surface area contributed by atoms with Crippen molar-refractivity contribution in [1.82, 2.24) is 0 Å². The molecule has 2 atom stereocenters. The van der Waals surface area contributed by atoms with E-state index in [9.17, 15) is 9.59 Å². The highest BCUT2D eigenvalue weighted by Gasteiger charge is 2.38. The lowest BCUT2D eigenvalue weighted by molar-refractivity contribution is -0.153. The van der Waals surface area contributed by atoms with Gasteiger partial charge in [0, 0.05) is 6.08 Å². The number of carbonyl (C=O) groups excluding carboxylic acids is 2. The van der Waals surface area contributed by atoms with Gasteiger partial charge < -0.3 is 10.5 Å². The molecule has 0 aliphatic heterocycles. The number of nitrogens with two attached hydrogens (primary N) is 1. The monoisotopic (exact) mass is 449 g/mol. The molecule has 0 spiro atoms. The molecule has 0 aromatic carbocycles. The topological polar surface area (TPSA) is 69.4 Å². The first-order valence-electron chi connectivity index (χ1n) is 13.2. The van der Waals surface area contributed by atoms with Gasteiger partial charge in [0.25, 0.3) is 0 Å². The predicted octanol–water partition coefficient (Wildman–Crippen LogP) is 7.80. The van der Waals surface area contributed by atoms with Crippen molar-refractivity contribution in [1.29, 1.82) is 0 Å². The fourth-order valence-electron chi connectivity index (χ4n) is 3.97.